The number of hydrogen-bond donors (Lipinski definition) is 4. The maximum absolute atomic E-state index is 12.8. The van der Waals surface area contributed by atoms with Crippen LogP contribution >= 0.6 is 0 Å². The Morgan fingerprint density at radius 3 is 2.66 bits per heavy atom. The van der Waals surface area contributed by atoms with Crippen molar-refractivity contribution in [1.82, 2.24) is 15.6 Å². The van der Waals surface area contributed by atoms with Crippen molar-refractivity contribution in [2.45, 2.75) is 109 Å². The quantitative estimate of drug-likeness (QED) is 0.150. The molecule has 2 amide bonds. The molecule has 4 N–H and O–H groups in total. The van der Waals surface area contributed by atoms with Crippen molar-refractivity contribution in [1.29, 1.82) is 0 Å². The third kappa shape index (κ3) is 6.76. The van der Waals surface area contributed by atoms with Crippen LogP contribution in [0, 0.1) is 23.7 Å². The Hall–Kier alpha value is -3.52. The zero-order valence-corrected chi connectivity index (χ0v) is 27.1. The number of aromatic amines is 1. The van der Waals surface area contributed by atoms with Crippen molar-refractivity contribution in [2.24, 2.45) is 23.7 Å². The van der Waals surface area contributed by atoms with Gasteiger partial charge in [0, 0.05) is 61.2 Å². The molecule has 2 aromatic rings. The number of para-hydroxylation sites is 1. The van der Waals surface area contributed by atoms with Crippen LogP contribution in [-0.2, 0) is 49.6 Å². The number of esters is 1. The molecule has 1 aliphatic carbocycles. The molecule has 9 atom stereocenters. The SMILES string of the molecule is C[C@H]1[C@H](OC(=O)CCC(=O)NCCCC(=O)N[C@@H](Cc2c[nH]c3ccccc23)C(=O)O)O[C@H]2O[C@]3(C)CC[C@H]4[C@H](C)CC[C@H]1[C@@]24OO3. The van der Waals surface area contributed by atoms with Crippen molar-refractivity contribution >= 4 is 34.7 Å². The summed E-state index contributed by atoms with van der Waals surface area (Å²) in [5.74, 6) is -2.91. The minimum atomic E-state index is -1.13. The summed E-state index contributed by atoms with van der Waals surface area (Å²) in [6, 6.07) is 6.47. The van der Waals surface area contributed by atoms with E-state index in [4.69, 9.17) is 24.0 Å². The minimum absolute atomic E-state index is 0.0164. The summed E-state index contributed by atoms with van der Waals surface area (Å²) in [7, 11) is 0. The first kappa shape index (κ1) is 33.4. The largest absolute Gasteiger partial charge is 0.480 e. The Labute approximate surface area is 273 Å². The van der Waals surface area contributed by atoms with Crippen molar-refractivity contribution in [3.8, 4) is 0 Å². The number of rotatable bonds is 12. The van der Waals surface area contributed by atoms with E-state index in [9.17, 15) is 24.3 Å². The molecule has 5 heterocycles. The highest BCUT2D eigenvalue weighted by atomic mass is 17.3. The van der Waals surface area contributed by atoms with Gasteiger partial charge in [-0.1, -0.05) is 32.0 Å². The third-order valence-electron chi connectivity index (χ3n) is 10.5. The molecule has 7 rings (SSSR count). The van der Waals surface area contributed by atoms with E-state index >= 15 is 0 Å². The summed E-state index contributed by atoms with van der Waals surface area (Å²) >= 11 is 0. The number of carbonyl (C=O) groups excluding carboxylic acids is 3. The molecule has 5 aliphatic rings. The second-order valence-corrected chi connectivity index (χ2v) is 13.7. The van der Waals surface area contributed by atoms with Gasteiger partial charge in [0.15, 0.2) is 11.9 Å². The normalized spacial score (nSPS) is 33.3. The fraction of sp³-hybridized carbons (Fsp3) is 0.647. The Morgan fingerprint density at radius 2 is 1.85 bits per heavy atom. The standard InChI is InChI=1S/C34H45N3O10/c1-19-10-11-24-20(2)31(44-32-34(24)23(19)14-15-33(3,45-32)46-47-34)43-29(40)13-12-27(38)35-16-6-9-28(39)37-26(30(41)42)17-21-18-36-25-8-5-4-7-22(21)25/h4-5,7-8,18-20,23-24,26,31-32,36H,6,9-17H2,1-3H3,(H,35,38)(H,37,39)(H,41,42)/t19-,20-,23+,24-,26+,31-,32+,33+,34-/m1/s1. The molecule has 256 valence electrons. The average Bonchev–Trinajstić information content (AvgIpc) is 3.31. The second-order valence-electron chi connectivity index (χ2n) is 13.7. The summed E-state index contributed by atoms with van der Waals surface area (Å²) in [6.07, 6.45) is 3.94. The number of carbonyl (C=O) groups is 4. The predicted molar refractivity (Wildman–Crippen MR) is 166 cm³/mol. The lowest BCUT2D eigenvalue weighted by Crippen LogP contribution is -2.70. The Bertz CT molecular complexity index is 1500. The number of aliphatic carboxylic acids is 1. The lowest BCUT2D eigenvalue weighted by atomic mass is 9.58. The molecule has 1 saturated carbocycles. The fourth-order valence-electron chi connectivity index (χ4n) is 7.96. The van der Waals surface area contributed by atoms with Gasteiger partial charge < -0.3 is 34.9 Å². The number of hydrogen-bond acceptors (Lipinski definition) is 9. The van der Waals surface area contributed by atoms with Crippen molar-refractivity contribution in [3.63, 3.8) is 0 Å². The molecule has 5 fully saturated rings. The van der Waals surface area contributed by atoms with E-state index in [1.165, 1.54) is 0 Å². The highest BCUT2D eigenvalue weighted by Crippen LogP contribution is 2.60. The molecule has 1 aromatic heterocycles. The molecule has 4 saturated heterocycles. The van der Waals surface area contributed by atoms with E-state index in [0.29, 0.717) is 18.8 Å². The van der Waals surface area contributed by atoms with E-state index in [1.54, 1.807) is 6.20 Å². The first-order valence-electron chi connectivity index (χ1n) is 16.7. The molecular weight excluding hydrogens is 610 g/mol. The van der Waals surface area contributed by atoms with Crippen LogP contribution in [0.4, 0.5) is 0 Å². The molecule has 47 heavy (non-hydrogen) atoms. The van der Waals surface area contributed by atoms with Crippen LogP contribution in [0.5, 0.6) is 0 Å². The summed E-state index contributed by atoms with van der Waals surface area (Å²) in [5, 5.41) is 15.9. The summed E-state index contributed by atoms with van der Waals surface area (Å²) in [5.41, 5.74) is 0.940. The van der Waals surface area contributed by atoms with Gasteiger partial charge in [-0.25, -0.2) is 14.6 Å². The average molecular weight is 656 g/mol. The summed E-state index contributed by atoms with van der Waals surface area (Å²) in [4.78, 5) is 64.6. The monoisotopic (exact) mass is 655 g/mol. The molecule has 4 aliphatic heterocycles. The minimum Gasteiger partial charge on any atom is -0.480 e. The van der Waals surface area contributed by atoms with E-state index < -0.39 is 47.9 Å². The lowest BCUT2D eigenvalue weighted by molar-refractivity contribution is -0.576. The number of nitrogens with one attached hydrogen (secondary N) is 3. The number of H-pyrrole nitrogens is 1. The van der Waals surface area contributed by atoms with Crippen LogP contribution in [0.25, 0.3) is 10.9 Å². The Balaban J connectivity index is 0.922. The molecule has 1 spiro atoms. The molecule has 13 nitrogen and oxygen atoms in total. The van der Waals surface area contributed by atoms with Crippen LogP contribution < -0.4 is 10.6 Å². The molecule has 0 unspecified atom stereocenters. The number of carboxylic acids is 1. The van der Waals surface area contributed by atoms with Gasteiger partial charge in [0.05, 0.1) is 6.42 Å². The van der Waals surface area contributed by atoms with E-state index in [-0.39, 0.29) is 55.9 Å². The number of fused-ring (bicyclic) bond motifs is 3. The molecule has 1 aromatic carbocycles. The van der Waals surface area contributed by atoms with Gasteiger partial charge in [-0.05, 0) is 56.1 Å². The van der Waals surface area contributed by atoms with Gasteiger partial charge >= 0.3 is 11.9 Å². The van der Waals surface area contributed by atoms with Crippen molar-refractivity contribution < 1.29 is 48.3 Å². The topological polar surface area (TPSA) is 175 Å². The maximum Gasteiger partial charge on any atom is 0.326 e. The number of benzene rings is 1. The number of carboxylic acid groups (broad SMARTS) is 1. The Kier molecular flexibility index (Phi) is 9.62. The van der Waals surface area contributed by atoms with Gasteiger partial charge in [-0.2, -0.15) is 0 Å². The van der Waals surface area contributed by atoms with Crippen molar-refractivity contribution in [3.05, 3.63) is 36.0 Å². The van der Waals surface area contributed by atoms with Gasteiger partial charge in [0.25, 0.3) is 0 Å². The molecule has 2 bridgehead atoms. The first-order chi connectivity index (χ1) is 22.5. The highest BCUT2D eigenvalue weighted by Gasteiger charge is 2.69. The second kappa shape index (κ2) is 13.5. The van der Waals surface area contributed by atoms with Crippen LogP contribution in [0.3, 0.4) is 0 Å². The summed E-state index contributed by atoms with van der Waals surface area (Å²) in [6.45, 7) is 6.26. The first-order valence-corrected chi connectivity index (χ1v) is 16.7. The number of ether oxygens (including phenoxy) is 3. The van der Waals surface area contributed by atoms with Gasteiger partial charge in [-0.3, -0.25) is 14.4 Å². The number of aromatic nitrogens is 1. The zero-order valence-electron chi connectivity index (χ0n) is 27.1. The van der Waals surface area contributed by atoms with Crippen molar-refractivity contribution in [2.75, 3.05) is 6.54 Å². The fourth-order valence-corrected chi connectivity index (χ4v) is 7.96. The van der Waals surface area contributed by atoms with Crippen LogP contribution in [0.15, 0.2) is 30.5 Å². The smallest absolute Gasteiger partial charge is 0.326 e. The molecule has 13 heteroatoms. The third-order valence-corrected chi connectivity index (χ3v) is 10.5. The molecular formula is C34H45N3O10. The highest BCUT2D eigenvalue weighted by molar-refractivity contribution is 5.87. The summed E-state index contributed by atoms with van der Waals surface area (Å²) < 4.78 is 18.3. The lowest BCUT2D eigenvalue weighted by Gasteiger charge is -2.59. The van der Waals surface area contributed by atoms with Crippen LogP contribution in [-0.4, -0.2) is 70.4 Å². The van der Waals surface area contributed by atoms with Gasteiger partial charge in [0.2, 0.25) is 23.9 Å². The van der Waals surface area contributed by atoms with E-state index in [0.717, 1.165) is 35.7 Å². The zero-order chi connectivity index (χ0) is 33.3. The predicted octanol–water partition coefficient (Wildman–Crippen LogP) is 3.71. The van der Waals surface area contributed by atoms with Gasteiger partial charge in [0.1, 0.15) is 6.04 Å². The van der Waals surface area contributed by atoms with Crippen LogP contribution in [0.2, 0.25) is 0 Å². The number of amides is 2. The molecule has 0 radical (unpaired) electrons. The van der Waals surface area contributed by atoms with Crippen LogP contribution in [0.1, 0.15) is 77.7 Å². The maximum atomic E-state index is 12.8. The van der Waals surface area contributed by atoms with E-state index in [2.05, 4.69) is 22.5 Å². The Morgan fingerprint density at radius 1 is 1.04 bits per heavy atom. The van der Waals surface area contributed by atoms with Gasteiger partial charge in [-0.15, -0.1) is 0 Å². The van der Waals surface area contributed by atoms with E-state index in [1.807, 2.05) is 38.1 Å².